The lowest BCUT2D eigenvalue weighted by atomic mass is 9.83. The molecule has 1 atom stereocenters. The molecule has 0 saturated carbocycles. The molecule has 2 saturated heterocycles. The largest absolute Gasteiger partial charge is 0.340 e. The van der Waals surface area contributed by atoms with E-state index < -0.39 is 0 Å². The number of carbonyl (C=O) groups is 1. The van der Waals surface area contributed by atoms with E-state index in [1.807, 2.05) is 5.38 Å². The summed E-state index contributed by atoms with van der Waals surface area (Å²) in [5.41, 5.74) is 2.53. The lowest BCUT2D eigenvalue weighted by molar-refractivity contribution is -0.130. The van der Waals surface area contributed by atoms with E-state index in [9.17, 15) is 4.79 Å². The number of aryl methyl sites for hydroxylation is 1. The zero-order valence-corrected chi connectivity index (χ0v) is 15.0. The average molecular weight is 348 g/mol. The molecule has 6 heteroatoms. The molecule has 122 valence electrons. The molecule has 1 amide bonds. The van der Waals surface area contributed by atoms with Crippen molar-refractivity contribution < 1.29 is 4.79 Å². The molecular formula is C17H21N3OS2. The molecule has 2 aliphatic heterocycles. The van der Waals surface area contributed by atoms with E-state index in [4.69, 9.17) is 0 Å². The molecule has 0 aromatic carbocycles. The van der Waals surface area contributed by atoms with Gasteiger partial charge in [-0.05, 0) is 42.2 Å². The van der Waals surface area contributed by atoms with E-state index in [1.165, 1.54) is 12.1 Å². The summed E-state index contributed by atoms with van der Waals surface area (Å²) in [4.78, 5) is 21.7. The minimum absolute atomic E-state index is 0.210. The van der Waals surface area contributed by atoms with Crippen LogP contribution in [0.4, 0.5) is 0 Å². The van der Waals surface area contributed by atoms with Crippen LogP contribution >= 0.6 is 22.7 Å². The van der Waals surface area contributed by atoms with Gasteiger partial charge < -0.3 is 4.90 Å². The van der Waals surface area contributed by atoms with Crippen molar-refractivity contribution in [1.29, 1.82) is 0 Å². The third-order valence-corrected chi connectivity index (χ3v) is 6.71. The van der Waals surface area contributed by atoms with Gasteiger partial charge in [0.25, 0.3) is 0 Å². The fourth-order valence-electron chi connectivity index (χ4n) is 3.72. The summed E-state index contributed by atoms with van der Waals surface area (Å²) in [6, 6.07) is 2.05. The highest BCUT2D eigenvalue weighted by Crippen LogP contribution is 2.40. The lowest BCUT2D eigenvalue weighted by Crippen LogP contribution is -2.60. The van der Waals surface area contributed by atoms with Crippen LogP contribution in [0.2, 0.25) is 0 Å². The first-order valence-electron chi connectivity index (χ1n) is 8.10. The number of aromatic nitrogens is 1. The Bertz CT molecular complexity index is 697. The van der Waals surface area contributed by atoms with Crippen LogP contribution < -0.4 is 0 Å². The minimum atomic E-state index is 0.210. The Kier molecular flexibility index (Phi) is 3.99. The summed E-state index contributed by atoms with van der Waals surface area (Å²) in [7, 11) is 0. The molecule has 0 radical (unpaired) electrons. The van der Waals surface area contributed by atoms with Crippen molar-refractivity contribution in [3.63, 3.8) is 0 Å². The first-order valence-corrected chi connectivity index (χ1v) is 9.92. The summed E-state index contributed by atoms with van der Waals surface area (Å²) in [6.45, 7) is 5.90. The molecule has 23 heavy (non-hydrogen) atoms. The number of rotatable bonds is 4. The number of carbonyl (C=O) groups excluding carboxylic acids is 1. The van der Waals surface area contributed by atoms with Crippen LogP contribution in [0.15, 0.2) is 22.2 Å². The maximum Gasteiger partial charge on any atom is 0.227 e. The van der Waals surface area contributed by atoms with Gasteiger partial charge in [0.2, 0.25) is 5.91 Å². The second kappa shape index (κ2) is 6.00. The van der Waals surface area contributed by atoms with Gasteiger partial charge in [0.15, 0.2) is 0 Å². The summed E-state index contributed by atoms with van der Waals surface area (Å²) in [5.74, 6) is 0.275. The number of hydrogen-bond donors (Lipinski definition) is 0. The quantitative estimate of drug-likeness (QED) is 0.853. The zero-order valence-electron chi connectivity index (χ0n) is 13.3. The molecule has 0 bridgehead atoms. The van der Waals surface area contributed by atoms with Crippen molar-refractivity contribution in [3.05, 3.63) is 38.5 Å². The molecule has 0 unspecified atom stereocenters. The molecule has 0 N–H and O–H groups in total. The number of nitrogens with zero attached hydrogens (tertiary/aromatic N) is 3. The molecule has 2 aromatic rings. The molecule has 2 fully saturated rings. The molecule has 0 aliphatic carbocycles. The van der Waals surface area contributed by atoms with E-state index >= 15 is 0 Å². The SMILES string of the molecule is Cc1nc(CN2CC[C@]23CCN(C(=O)Cc2ccsc2)C3)cs1. The molecule has 4 rings (SSSR count). The summed E-state index contributed by atoms with van der Waals surface area (Å²) in [5, 5.41) is 7.41. The van der Waals surface area contributed by atoms with Gasteiger partial charge in [0.05, 0.1) is 17.1 Å². The van der Waals surface area contributed by atoms with Crippen LogP contribution in [0.3, 0.4) is 0 Å². The standard InChI is InChI=1S/C17H21N3OS2/c1-13-18-15(11-23-13)9-20-6-4-17(20)3-5-19(12-17)16(21)8-14-2-7-22-10-14/h2,7,10-11H,3-6,8-9,12H2,1H3/t17-/m0/s1. The van der Waals surface area contributed by atoms with Crippen LogP contribution in [-0.4, -0.2) is 45.9 Å². The van der Waals surface area contributed by atoms with E-state index in [1.54, 1.807) is 22.7 Å². The zero-order chi connectivity index (χ0) is 15.9. The van der Waals surface area contributed by atoms with Gasteiger partial charge in [0.1, 0.15) is 0 Å². The van der Waals surface area contributed by atoms with Gasteiger partial charge in [-0.3, -0.25) is 9.69 Å². The highest BCUT2D eigenvalue weighted by Gasteiger charge is 2.49. The van der Waals surface area contributed by atoms with Crippen LogP contribution in [0.5, 0.6) is 0 Å². The number of amides is 1. The van der Waals surface area contributed by atoms with Crippen LogP contribution in [0.1, 0.15) is 29.1 Å². The molecule has 4 heterocycles. The Hall–Kier alpha value is -1.24. The van der Waals surface area contributed by atoms with Gasteiger partial charge in [-0.15, -0.1) is 11.3 Å². The normalized spacial score (nSPS) is 24.3. The van der Waals surface area contributed by atoms with Crippen LogP contribution in [-0.2, 0) is 17.8 Å². The molecular weight excluding hydrogens is 326 g/mol. The Labute approximate surface area is 144 Å². The highest BCUT2D eigenvalue weighted by atomic mass is 32.1. The summed E-state index contributed by atoms with van der Waals surface area (Å²) in [6.07, 6.45) is 2.86. The van der Waals surface area contributed by atoms with Crippen LogP contribution in [0, 0.1) is 6.92 Å². The van der Waals surface area contributed by atoms with Crippen molar-refractivity contribution in [2.24, 2.45) is 0 Å². The highest BCUT2D eigenvalue weighted by molar-refractivity contribution is 7.09. The molecule has 2 aliphatic rings. The van der Waals surface area contributed by atoms with Gasteiger partial charge in [-0.1, -0.05) is 0 Å². The second-order valence-corrected chi connectivity index (χ2v) is 8.47. The molecule has 4 nitrogen and oxygen atoms in total. The summed E-state index contributed by atoms with van der Waals surface area (Å²) >= 11 is 3.38. The van der Waals surface area contributed by atoms with E-state index in [0.717, 1.165) is 43.2 Å². The smallest absolute Gasteiger partial charge is 0.227 e. The lowest BCUT2D eigenvalue weighted by Gasteiger charge is -2.50. The maximum atomic E-state index is 12.5. The number of thiophene rings is 1. The van der Waals surface area contributed by atoms with Gasteiger partial charge in [-0.25, -0.2) is 4.98 Å². The fourth-order valence-corrected chi connectivity index (χ4v) is 4.99. The predicted octanol–water partition coefficient (Wildman–Crippen LogP) is 2.93. The Morgan fingerprint density at radius 2 is 2.22 bits per heavy atom. The van der Waals surface area contributed by atoms with E-state index in [2.05, 4.69) is 38.5 Å². The van der Waals surface area contributed by atoms with Crippen molar-refractivity contribution in [3.8, 4) is 0 Å². The minimum Gasteiger partial charge on any atom is -0.340 e. The van der Waals surface area contributed by atoms with Crippen molar-refractivity contribution in [1.82, 2.24) is 14.8 Å². The first-order chi connectivity index (χ1) is 11.1. The fraction of sp³-hybridized carbons (Fsp3) is 0.529. The van der Waals surface area contributed by atoms with Gasteiger partial charge in [-0.2, -0.15) is 11.3 Å². The Morgan fingerprint density at radius 3 is 2.87 bits per heavy atom. The third-order valence-electron chi connectivity index (χ3n) is 5.16. The number of thiazole rings is 1. The van der Waals surface area contributed by atoms with Crippen LogP contribution in [0.25, 0.3) is 0 Å². The summed E-state index contributed by atoms with van der Waals surface area (Å²) < 4.78 is 0. The molecule has 1 spiro atoms. The maximum absolute atomic E-state index is 12.5. The second-order valence-electron chi connectivity index (χ2n) is 6.63. The number of hydrogen-bond acceptors (Lipinski definition) is 5. The van der Waals surface area contributed by atoms with Gasteiger partial charge in [0, 0.05) is 37.1 Å². The van der Waals surface area contributed by atoms with Crippen molar-refractivity contribution in [2.75, 3.05) is 19.6 Å². The average Bonchev–Trinajstić information content (AvgIpc) is 3.24. The van der Waals surface area contributed by atoms with Crippen molar-refractivity contribution in [2.45, 2.75) is 38.3 Å². The van der Waals surface area contributed by atoms with E-state index in [0.29, 0.717) is 6.42 Å². The molecule has 2 aromatic heterocycles. The van der Waals surface area contributed by atoms with E-state index in [-0.39, 0.29) is 11.4 Å². The first kappa shape index (κ1) is 15.3. The monoisotopic (exact) mass is 347 g/mol. The van der Waals surface area contributed by atoms with Crippen molar-refractivity contribution >= 4 is 28.6 Å². The predicted molar refractivity (Wildman–Crippen MR) is 93.8 cm³/mol. The Balaban J connectivity index is 1.38. The Morgan fingerprint density at radius 1 is 1.35 bits per heavy atom. The number of likely N-dealkylation sites (tertiary alicyclic amines) is 2. The topological polar surface area (TPSA) is 36.4 Å². The van der Waals surface area contributed by atoms with Gasteiger partial charge >= 0.3 is 0 Å². The third kappa shape index (κ3) is 2.95.